The third-order valence-corrected chi connectivity index (χ3v) is 11.0. The first-order valence-corrected chi connectivity index (χ1v) is 16.6. The van der Waals surface area contributed by atoms with Crippen LogP contribution in [0.2, 0.25) is 0 Å². The highest BCUT2D eigenvalue weighted by Crippen LogP contribution is 2.38. The highest BCUT2D eigenvalue weighted by Gasteiger charge is 2.20. The Kier molecular flexibility index (Phi) is 4.88. The summed E-state index contributed by atoms with van der Waals surface area (Å²) >= 11 is 0. The third-order valence-electron chi connectivity index (χ3n) is 11.0. The lowest BCUT2D eigenvalue weighted by Gasteiger charge is -2.23. The number of rotatable bonds is 0. The van der Waals surface area contributed by atoms with Crippen LogP contribution in [0.1, 0.15) is 44.5 Å². The minimum absolute atomic E-state index is 1.01. The SMILES string of the molecule is c1ccc2cc3cc4c(cc3cc2c1)Cc1cc2cc3cc5c(cc3cc2cc1C4)Cc1cc2cc3ccccc3cc2cc1C5. The van der Waals surface area contributed by atoms with Crippen LogP contribution in [0, 0.1) is 0 Å². The molecule has 0 atom stereocenters. The van der Waals surface area contributed by atoms with Crippen molar-refractivity contribution in [3.8, 4) is 0 Å². The summed E-state index contributed by atoms with van der Waals surface area (Å²) in [7, 11) is 0. The number of hydrogen-bond donors (Lipinski definition) is 0. The Hall–Kier alpha value is -5.46. The lowest BCUT2D eigenvalue weighted by Crippen LogP contribution is -2.08. The molecule has 2 aliphatic carbocycles. The second-order valence-electron chi connectivity index (χ2n) is 13.8. The standard InChI is InChI=1S/C46H30/c1-2-6-28-10-32-14-36-18-40-22-44-26-46-24-42-20-38-16-34-12-30-8-4-3-7-29(30)11-33(34)15-37(38)19-41(42)23-45(46)25-43(44)21-39(40)17-35(36)13-31(32)9-27(28)5-1/h1-16,21-26H,17-20H2. The summed E-state index contributed by atoms with van der Waals surface area (Å²) in [6.07, 6.45) is 4.02. The van der Waals surface area contributed by atoms with Crippen molar-refractivity contribution < 1.29 is 0 Å². The number of fused-ring (bicyclic) bond motifs is 10. The van der Waals surface area contributed by atoms with Crippen LogP contribution in [0.5, 0.6) is 0 Å². The Bertz CT molecular complexity index is 2420. The van der Waals surface area contributed by atoms with Gasteiger partial charge >= 0.3 is 0 Å². The topological polar surface area (TPSA) is 0 Å². The molecule has 0 heteroatoms. The molecule has 9 aromatic rings. The van der Waals surface area contributed by atoms with Gasteiger partial charge in [0.1, 0.15) is 0 Å². The molecule has 0 aliphatic heterocycles. The molecule has 0 saturated carbocycles. The second-order valence-corrected chi connectivity index (χ2v) is 13.8. The zero-order chi connectivity index (χ0) is 29.9. The van der Waals surface area contributed by atoms with Gasteiger partial charge < -0.3 is 0 Å². The maximum absolute atomic E-state index is 2.48. The van der Waals surface area contributed by atoms with E-state index in [4.69, 9.17) is 0 Å². The molecule has 0 unspecified atom stereocenters. The van der Waals surface area contributed by atoms with Crippen molar-refractivity contribution in [2.45, 2.75) is 25.7 Å². The molecule has 0 fully saturated rings. The first-order valence-electron chi connectivity index (χ1n) is 16.6. The molecule has 9 aromatic carbocycles. The van der Waals surface area contributed by atoms with Gasteiger partial charge in [0.2, 0.25) is 0 Å². The Balaban J connectivity index is 0.986. The highest BCUT2D eigenvalue weighted by molar-refractivity contribution is 6.02. The van der Waals surface area contributed by atoms with Gasteiger partial charge in [-0.05, 0) is 171 Å². The summed E-state index contributed by atoms with van der Waals surface area (Å²) in [4.78, 5) is 0. The minimum atomic E-state index is 1.01. The summed E-state index contributed by atoms with van der Waals surface area (Å²) in [5.41, 5.74) is 11.8. The van der Waals surface area contributed by atoms with Crippen LogP contribution in [-0.2, 0) is 25.7 Å². The molecule has 0 radical (unpaired) electrons. The lowest BCUT2D eigenvalue weighted by atomic mass is 9.81. The molecule has 0 amide bonds. The summed E-state index contributed by atoms with van der Waals surface area (Å²) in [6, 6.07) is 51.4. The van der Waals surface area contributed by atoms with Crippen LogP contribution in [0.3, 0.4) is 0 Å². The predicted molar refractivity (Wildman–Crippen MR) is 196 cm³/mol. The molecule has 0 N–H and O–H groups in total. The van der Waals surface area contributed by atoms with Crippen LogP contribution in [0.15, 0.2) is 133 Å². The van der Waals surface area contributed by atoms with E-state index in [9.17, 15) is 0 Å². The molecule has 2 aliphatic rings. The summed E-state index contributed by atoms with van der Waals surface area (Å²) in [5, 5.41) is 16.1. The van der Waals surface area contributed by atoms with E-state index in [2.05, 4.69) is 133 Å². The van der Waals surface area contributed by atoms with Gasteiger partial charge in [0.15, 0.2) is 0 Å². The molecule has 0 saturated heterocycles. The first-order chi connectivity index (χ1) is 22.7. The average Bonchev–Trinajstić information content (AvgIpc) is 3.07. The van der Waals surface area contributed by atoms with Crippen molar-refractivity contribution in [1.29, 1.82) is 0 Å². The maximum Gasteiger partial charge on any atom is -0.00196 e. The van der Waals surface area contributed by atoms with Crippen LogP contribution in [0.25, 0.3) is 64.6 Å². The van der Waals surface area contributed by atoms with Gasteiger partial charge in [0.05, 0.1) is 0 Å². The van der Waals surface area contributed by atoms with E-state index in [1.165, 1.54) is 109 Å². The fourth-order valence-corrected chi connectivity index (χ4v) is 8.60. The minimum Gasteiger partial charge on any atom is -0.0616 e. The van der Waals surface area contributed by atoms with Gasteiger partial charge in [0.25, 0.3) is 0 Å². The molecule has 0 nitrogen and oxygen atoms in total. The molecule has 0 bridgehead atoms. The van der Waals surface area contributed by atoms with E-state index in [-0.39, 0.29) is 0 Å². The van der Waals surface area contributed by atoms with Gasteiger partial charge in [-0.3, -0.25) is 0 Å². The fraction of sp³-hybridized carbons (Fsp3) is 0.0870. The van der Waals surface area contributed by atoms with Crippen molar-refractivity contribution in [3.63, 3.8) is 0 Å². The molecule has 0 spiro atoms. The van der Waals surface area contributed by atoms with E-state index in [1.54, 1.807) is 0 Å². The van der Waals surface area contributed by atoms with Gasteiger partial charge in [-0.15, -0.1) is 0 Å². The highest BCUT2D eigenvalue weighted by atomic mass is 14.2. The number of hydrogen-bond acceptors (Lipinski definition) is 0. The monoisotopic (exact) mass is 582 g/mol. The zero-order valence-corrected chi connectivity index (χ0v) is 25.5. The Morgan fingerprint density at radius 2 is 0.370 bits per heavy atom. The van der Waals surface area contributed by atoms with Crippen LogP contribution in [0.4, 0.5) is 0 Å². The van der Waals surface area contributed by atoms with Crippen LogP contribution < -0.4 is 0 Å². The molecule has 46 heavy (non-hydrogen) atoms. The summed E-state index contributed by atoms with van der Waals surface area (Å²) in [5.74, 6) is 0. The summed E-state index contributed by atoms with van der Waals surface area (Å²) < 4.78 is 0. The molecule has 214 valence electrons. The van der Waals surface area contributed by atoms with Crippen molar-refractivity contribution in [1.82, 2.24) is 0 Å². The number of benzene rings is 9. The van der Waals surface area contributed by atoms with Gasteiger partial charge in [-0.2, -0.15) is 0 Å². The van der Waals surface area contributed by atoms with E-state index >= 15 is 0 Å². The van der Waals surface area contributed by atoms with Gasteiger partial charge in [0, 0.05) is 0 Å². The Morgan fingerprint density at radius 3 is 0.565 bits per heavy atom. The van der Waals surface area contributed by atoms with Crippen molar-refractivity contribution >= 4 is 64.6 Å². The quantitative estimate of drug-likeness (QED) is 0.156. The second kappa shape index (κ2) is 9.05. The van der Waals surface area contributed by atoms with E-state index < -0.39 is 0 Å². The van der Waals surface area contributed by atoms with E-state index in [0.29, 0.717) is 0 Å². The largest absolute Gasteiger partial charge is 0.0616 e. The van der Waals surface area contributed by atoms with E-state index in [1.807, 2.05) is 0 Å². The van der Waals surface area contributed by atoms with Gasteiger partial charge in [-0.1, -0.05) is 97.1 Å². The summed E-state index contributed by atoms with van der Waals surface area (Å²) in [6.45, 7) is 0. The Morgan fingerprint density at radius 1 is 0.196 bits per heavy atom. The normalized spacial score (nSPS) is 13.7. The average molecular weight is 583 g/mol. The molecule has 0 heterocycles. The molecule has 0 aromatic heterocycles. The van der Waals surface area contributed by atoms with Crippen molar-refractivity contribution in [3.05, 3.63) is 178 Å². The third kappa shape index (κ3) is 3.74. The predicted octanol–water partition coefficient (Wildman–Crippen LogP) is 11.6. The molecular formula is C46H30. The smallest absolute Gasteiger partial charge is 0.00196 e. The fourth-order valence-electron chi connectivity index (χ4n) is 8.60. The first kappa shape index (κ1) is 24.8. The lowest BCUT2D eigenvalue weighted by molar-refractivity contribution is 1.01. The molecule has 11 rings (SSSR count). The van der Waals surface area contributed by atoms with E-state index in [0.717, 1.165) is 25.7 Å². The van der Waals surface area contributed by atoms with Crippen LogP contribution in [-0.4, -0.2) is 0 Å². The van der Waals surface area contributed by atoms with Gasteiger partial charge in [-0.25, -0.2) is 0 Å². The Labute approximate surface area is 267 Å². The van der Waals surface area contributed by atoms with Crippen LogP contribution >= 0.6 is 0 Å². The van der Waals surface area contributed by atoms with Crippen molar-refractivity contribution in [2.75, 3.05) is 0 Å². The maximum atomic E-state index is 2.48. The van der Waals surface area contributed by atoms with Crippen molar-refractivity contribution in [2.24, 2.45) is 0 Å². The zero-order valence-electron chi connectivity index (χ0n) is 25.5. The molecular weight excluding hydrogens is 553 g/mol.